The minimum Gasteiger partial charge on any atom is -0.477 e. The standard InChI is InChI=1S/C14H12N2O4/c1-16-11-4-2-9(6-8(11)3-5-12(16)17)13-10(14(18)19)7-15-20-13/h2,4,6-7H,3,5H2,1H3,(H,18,19). The number of aromatic carboxylic acids is 1. The molecule has 20 heavy (non-hydrogen) atoms. The Morgan fingerprint density at radius 3 is 2.95 bits per heavy atom. The fraction of sp³-hybridized carbons (Fsp3) is 0.214. The second-order valence-electron chi connectivity index (χ2n) is 4.67. The molecule has 1 N–H and O–H groups in total. The molecule has 2 heterocycles. The number of aryl methyl sites for hydroxylation is 1. The van der Waals surface area contributed by atoms with Crippen molar-refractivity contribution in [2.24, 2.45) is 0 Å². The predicted octanol–water partition coefficient (Wildman–Crippen LogP) is 1.95. The van der Waals surface area contributed by atoms with Crippen LogP contribution in [-0.4, -0.2) is 29.2 Å². The van der Waals surface area contributed by atoms with Gasteiger partial charge < -0.3 is 14.5 Å². The van der Waals surface area contributed by atoms with Gasteiger partial charge in [-0.2, -0.15) is 0 Å². The first-order chi connectivity index (χ1) is 9.58. The zero-order chi connectivity index (χ0) is 14.3. The van der Waals surface area contributed by atoms with Crippen LogP contribution in [0.5, 0.6) is 0 Å². The van der Waals surface area contributed by atoms with Gasteiger partial charge in [-0.25, -0.2) is 4.79 Å². The molecule has 6 heteroatoms. The van der Waals surface area contributed by atoms with Gasteiger partial charge in [-0.1, -0.05) is 5.16 Å². The quantitative estimate of drug-likeness (QED) is 0.903. The van der Waals surface area contributed by atoms with Crippen LogP contribution in [-0.2, 0) is 11.2 Å². The van der Waals surface area contributed by atoms with Gasteiger partial charge in [0.1, 0.15) is 5.56 Å². The molecule has 2 aromatic rings. The maximum atomic E-state index is 11.6. The van der Waals surface area contributed by atoms with Crippen LogP contribution in [0.25, 0.3) is 11.3 Å². The SMILES string of the molecule is CN1C(=O)CCc2cc(-c3oncc3C(=O)O)ccc21. The summed E-state index contributed by atoms with van der Waals surface area (Å²) < 4.78 is 5.04. The number of rotatable bonds is 2. The van der Waals surface area contributed by atoms with E-state index in [2.05, 4.69) is 5.16 Å². The average molecular weight is 272 g/mol. The molecule has 0 saturated heterocycles. The molecule has 3 rings (SSSR count). The lowest BCUT2D eigenvalue weighted by molar-refractivity contribution is -0.118. The Kier molecular flexibility index (Phi) is 2.78. The summed E-state index contributed by atoms with van der Waals surface area (Å²) in [5.41, 5.74) is 2.53. The summed E-state index contributed by atoms with van der Waals surface area (Å²) in [7, 11) is 1.73. The number of nitrogens with zero attached hydrogens (tertiary/aromatic N) is 2. The minimum absolute atomic E-state index is 0.0326. The van der Waals surface area contributed by atoms with Gasteiger partial charge in [0.2, 0.25) is 5.91 Å². The van der Waals surface area contributed by atoms with Gasteiger partial charge in [0.05, 0.1) is 6.20 Å². The number of anilines is 1. The second kappa shape index (κ2) is 4.48. The Labute approximate surface area is 114 Å². The van der Waals surface area contributed by atoms with E-state index in [0.717, 1.165) is 11.3 Å². The Hall–Kier alpha value is -2.63. The molecule has 1 aromatic heterocycles. The molecule has 1 aliphatic heterocycles. The Bertz CT molecular complexity index is 705. The molecule has 0 spiro atoms. The number of hydrogen-bond acceptors (Lipinski definition) is 4. The van der Waals surface area contributed by atoms with E-state index in [1.54, 1.807) is 24.1 Å². The van der Waals surface area contributed by atoms with E-state index < -0.39 is 5.97 Å². The van der Waals surface area contributed by atoms with Crippen molar-refractivity contribution >= 4 is 17.6 Å². The Balaban J connectivity index is 2.07. The summed E-state index contributed by atoms with van der Waals surface area (Å²) in [6.45, 7) is 0. The van der Waals surface area contributed by atoms with Gasteiger partial charge in [0, 0.05) is 24.7 Å². The lowest BCUT2D eigenvalue weighted by atomic mass is 9.97. The van der Waals surface area contributed by atoms with E-state index in [1.165, 1.54) is 6.20 Å². The molecule has 6 nitrogen and oxygen atoms in total. The van der Waals surface area contributed by atoms with Crippen LogP contribution in [0.1, 0.15) is 22.3 Å². The summed E-state index contributed by atoms with van der Waals surface area (Å²) in [6, 6.07) is 5.39. The molecule has 0 saturated carbocycles. The highest BCUT2D eigenvalue weighted by molar-refractivity contribution is 5.97. The first kappa shape index (κ1) is 12.4. The van der Waals surface area contributed by atoms with Crippen LogP contribution in [0.2, 0.25) is 0 Å². The van der Waals surface area contributed by atoms with E-state index >= 15 is 0 Å². The molecule has 0 bridgehead atoms. The van der Waals surface area contributed by atoms with Crippen molar-refractivity contribution in [1.29, 1.82) is 0 Å². The van der Waals surface area contributed by atoms with Gasteiger partial charge in [-0.3, -0.25) is 4.79 Å². The summed E-state index contributed by atoms with van der Waals surface area (Å²) in [4.78, 5) is 24.3. The third-order valence-electron chi connectivity index (χ3n) is 3.49. The van der Waals surface area contributed by atoms with Crippen molar-refractivity contribution in [3.8, 4) is 11.3 Å². The van der Waals surface area contributed by atoms with Crippen LogP contribution in [0, 0.1) is 0 Å². The molecule has 1 aliphatic rings. The Morgan fingerprint density at radius 1 is 1.40 bits per heavy atom. The predicted molar refractivity (Wildman–Crippen MR) is 70.6 cm³/mol. The highest BCUT2D eigenvalue weighted by Gasteiger charge is 2.23. The smallest absolute Gasteiger partial charge is 0.341 e. The molecule has 102 valence electrons. The summed E-state index contributed by atoms with van der Waals surface area (Å²) in [6.07, 6.45) is 2.28. The molecule has 1 amide bonds. The van der Waals surface area contributed by atoms with E-state index in [0.29, 0.717) is 18.4 Å². The van der Waals surface area contributed by atoms with Crippen LogP contribution in [0.15, 0.2) is 28.9 Å². The average Bonchev–Trinajstić information content (AvgIpc) is 2.92. The van der Waals surface area contributed by atoms with Gasteiger partial charge in [0.25, 0.3) is 0 Å². The number of aromatic nitrogens is 1. The number of carbonyl (C=O) groups is 2. The van der Waals surface area contributed by atoms with Gasteiger partial charge in [0.15, 0.2) is 5.76 Å². The van der Waals surface area contributed by atoms with Crippen molar-refractivity contribution in [2.45, 2.75) is 12.8 Å². The molecular formula is C14H12N2O4. The maximum absolute atomic E-state index is 11.6. The summed E-state index contributed by atoms with van der Waals surface area (Å²) >= 11 is 0. The van der Waals surface area contributed by atoms with Crippen LogP contribution < -0.4 is 4.90 Å². The molecule has 0 unspecified atom stereocenters. The van der Waals surface area contributed by atoms with Crippen molar-refractivity contribution < 1.29 is 19.2 Å². The largest absolute Gasteiger partial charge is 0.477 e. The zero-order valence-electron chi connectivity index (χ0n) is 10.8. The van der Waals surface area contributed by atoms with Crippen molar-refractivity contribution in [3.63, 3.8) is 0 Å². The molecule has 0 aliphatic carbocycles. The van der Waals surface area contributed by atoms with Crippen LogP contribution in [0.3, 0.4) is 0 Å². The normalized spacial score (nSPS) is 14.2. The van der Waals surface area contributed by atoms with Crippen molar-refractivity contribution in [1.82, 2.24) is 5.16 Å². The Morgan fingerprint density at radius 2 is 2.20 bits per heavy atom. The number of hydrogen-bond donors (Lipinski definition) is 1. The fourth-order valence-corrected chi connectivity index (χ4v) is 2.40. The number of carboxylic acids is 1. The summed E-state index contributed by atoms with van der Waals surface area (Å²) in [5.74, 6) is -0.762. The number of fused-ring (bicyclic) bond motifs is 1. The highest BCUT2D eigenvalue weighted by Crippen LogP contribution is 2.32. The van der Waals surface area contributed by atoms with E-state index in [9.17, 15) is 9.59 Å². The third kappa shape index (κ3) is 1.85. The lowest BCUT2D eigenvalue weighted by Gasteiger charge is -2.25. The first-order valence-electron chi connectivity index (χ1n) is 6.15. The van der Waals surface area contributed by atoms with E-state index in [-0.39, 0.29) is 17.2 Å². The highest BCUT2D eigenvalue weighted by atomic mass is 16.5. The number of carbonyl (C=O) groups excluding carboxylic acids is 1. The van der Waals surface area contributed by atoms with Crippen molar-refractivity contribution in [2.75, 3.05) is 11.9 Å². The fourth-order valence-electron chi connectivity index (χ4n) is 2.40. The topological polar surface area (TPSA) is 83.6 Å². The maximum Gasteiger partial charge on any atom is 0.341 e. The monoisotopic (exact) mass is 272 g/mol. The molecular weight excluding hydrogens is 260 g/mol. The molecule has 0 fully saturated rings. The van der Waals surface area contributed by atoms with Crippen LogP contribution >= 0.6 is 0 Å². The first-order valence-corrected chi connectivity index (χ1v) is 6.15. The lowest BCUT2D eigenvalue weighted by Crippen LogP contribution is -2.30. The molecule has 0 radical (unpaired) electrons. The third-order valence-corrected chi connectivity index (χ3v) is 3.49. The number of amides is 1. The van der Waals surface area contributed by atoms with Gasteiger partial charge >= 0.3 is 5.97 Å². The zero-order valence-corrected chi connectivity index (χ0v) is 10.8. The summed E-state index contributed by atoms with van der Waals surface area (Å²) in [5, 5.41) is 12.6. The van der Waals surface area contributed by atoms with Crippen LogP contribution in [0.4, 0.5) is 5.69 Å². The van der Waals surface area contributed by atoms with E-state index in [4.69, 9.17) is 9.63 Å². The van der Waals surface area contributed by atoms with E-state index in [1.807, 2.05) is 6.07 Å². The van der Waals surface area contributed by atoms with Crippen molar-refractivity contribution in [3.05, 3.63) is 35.5 Å². The molecule has 0 atom stereocenters. The van der Waals surface area contributed by atoms with Gasteiger partial charge in [-0.05, 0) is 30.2 Å². The van der Waals surface area contributed by atoms with Gasteiger partial charge in [-0.15, -0.1) is 0 Å². The second-order valence-corrected chi connectivity index (χ2v) is 4.67. The number of carboxylic acid groups (broad SMARTS) is 1. The number of benzene rings is 1. The molecule has 1 aromatic carbocycles. The minimum atomic E-state index is -1.08.